The van der Waals surface area contributed by atoms with Crippen molar-refractivity contribution in [3.63, 3.8) is 0 Å². The molecule has 0 spiro atoms. The zero-order valence-electron chi connectivity index (χ0n) is 12.9. The SMILES string of the molecule is Cc1cccc(OCC(=O)NNC(=O)c2ccccc2F)c1C. The Labute approximate surface area is 133 Å². The molecule has 0 aromatic heterocycles. The van der Waals surface area contributed by atoms with Crippen molar-refractivity contribution in [2.75, 3.05) is 6.61 Å². The van der Waals surface area contributed by atoms with Gasteiger partial charge < -0.3 is 4.74 Å². The lowest BCUT2D eigenvalue weighted by Crippen LogP contribution is -2.44. The van der Waals surface area contributed by atoms with E-state index >= 15 is 0 Å². The average Bonchev–Trinajstić information content (AvgIpc) is 2.54. The standard InChI is InChI=1S/C17H17FN2O3/c1-11-6-5-9-15(12(11)2)23-10-16(21)19-20-17(22)13-7-3-4-8-14(13)18/h3-9H,10H2,1-2H3,(H,19,21)(H,20,22). The molecule has 2 aromatic rings. The van der Waals surface area contributed by atoms with Crippen LogP contribution in [0.15, 0.2) is 42.5 Å². The summed E-state index contributed by atoms with van der Waals surface area (Å²) in [5, 5.41) is 0. The number of carbonyl (C=O) groups excluding carboxylic acids is 2. The van der Waals surface area contributed by atoms with Gasteiger partial charge in [-0.05, 0) is 43.2 Å². The van der Waals surface area contributed by atoms with Crippen molar-refractivity contribution in [2.45, 2.75) is 13.8 Å². The molecule has 0 aliphatic heterocycles. The van der Waals surface area contributed by atoms with Gasteiger partial charge in [0.25, 0.3) is 11.8 Å². The molecule has 6 heteroatoms. The van der Waals surface area contributed by atoms with Gasteiger partial charge in [-0.2, -0.15) is 0 Å². The second-order valence-electron chi connectivity index (χ2n) is 4.97. The topological polar surface area (TPSA) is 67.4 Å². The zero-order chi connectivity index (χ0) is 16.8. The Kier molecular flexibility index (Phi) is 5.30. The Morgan fingerprint density at radius 1 is 1.04 bits per heavy atom. The molecule has 0 fully saturated rings. The first kappa shape index (κ1) is 16.5. The molecule has 0 radical (unpaired) electrons. The summed E-state index contributed by atoms with van der Waals surface area (Å²) >= 11 is 0. The van der Waals surface area contributed by atoms with Crippen LogP contribution in [0.3, 0.4) is 0 Å². The van der Waals surface area contributed by atoms with Crippen LogP contribution < -0.4 is 15.6 Å². The highest BCUT2D eigenvalue weighted by Crippen LogP contribution is 2.20. The second kappa shape index (κ2) is 7.40. The van der Waals surface area contributed by atoms with E-state index in [9.17, 15) is 14.0 Å². The van der Waals surface area contributed by atoms with E-state index in [4.69, 9.17) is 4.74 Å². The predicted molar refractivity (Wildman–Crippen MR) is 83.4 cm³/mol. The van der Waals surface area contributed by atoms with E-state index in [1.54, 1.807) is 6.07 Å². The van der Waals surface area contributed by atoms with Gasteiger partial charge in [0.15, 0.2) is 6.61 Å². The van der Waals surface area contributed by atoms with E-state index in [1.165, 1.54) is 24.3 Å². The molecule has 2 amide bonds. The molecule has 0 aliphatic carbocycles. The fraction of sp³-hybridized carbons (Fsp3) is 0.176. The molecule has 0 heterocycles. The Morgan fingerprint density at radius 2 is 1.78 bits per heavy atom. The number of hydrogen-bond donors (Lipinski definition) is 2. The second-order valence-corrected chi connectivity index (χ2v) is 4.97. The fourth-order valence-electron chi connectivity index (χ4n) is 1.90. The number of aryl methyl sites for hydroxylation is 1. The molecule has 120 valence electrons. The number of ether oxygens (including phenoxy) is 1. The quantitative estimate of drug-likeness (QED) is 0.851. The molecule has 0 saturated carbocycles. The number of rotatable bonds is 4. The molecule has 2 N–H and O–H groups in total. The Balaban J connectivity index is 1.85. The van der Waals surface area contributed by atoms with Gasteiger partial charge in [-0.15, -0.1) is 0 Å². The van der Waals surface area contributed by atoms with E-state index in [-0.39, 0.29) is 12.2 Å². The number of hydrazine groups is 1. The van der Waals surface area contributed by atoms with Gasteiger partial charge in [0.05, 0.1) is 5.56 Å². The number of halogens is 1. The van der Waals surface area contributed by atoms with Crippen LogP contribution in [0.1, 0.15) is 21.5 Å². The third-order valence-corrected chi connectivity index (χ3v) is 3.35. The lowest BCUT2D eigenvalue weighted by Gasteiger charge is -2.11. The summed E-state index contributed by atoms with van der Waals surface area (Å²) in [6.45, 7) is 3.57. The van der Waals surface area contributed by atoms with Crippen molar-refractivity contribution in [2.24, 2.45) is 0 Å². The molecule has 2 rings (SSSR count). The summed E-state index contributed by atoms with van der Waals surface area (Å²) in [4.78, 5) is 23.4. The number of hydrogen-bond acceptors (Lipinski definition) is 3. The van der Waals surface area contributed by atoms with Crippen LogP contribution in [0.5, 0.6) is 5.75 Å². The molecule has 0 atom stereocenters. The average molecular weight is 316 g/mol. The number of benzene rings is 2. The fourth-order valence-corrected chi connectivity index (χ4v) is 1.90. The lowest BCUT2D eigenvalue weighted by atomic mass is 10.1. The van der Waals surface area contributed by atoms with Gasteiger partial charge in [0.1, 0.15) is 11.6 Å². The molecule has 23 heavy (non-hydrogen) atoms. The van der Waals surface area contributed by atoms with E-state index in [0.29, 0.717) is 5.75 Å². The van der Waals surface area contributed by atoms with Crippen LogP contribution in [0.4, 0.5) is 4.39 Å². The number of amides is 2. The molecule has 0 unspecified atom stereocenters. The molecular weight excluding hydrogens is 299 g/mol. The van der Waals surface area contributed by atoms with Crippen LogP contribution >= 0.6 is 0 Å². The molecule has 0 saturated heterocycles. The van der Waals surface area contributed by atoms with Crippen LogP contribution in [0.25, 0.3) is 0 Å². The molecule has 5 nitrogen and oxygen atoms in total. The van der Waals surface area contributed by atoms with Crippen molar-refractivity contribution in [3.05, 3.63) is 65.0 Å². The smallest absolute Gasteiger partial charge is 0.276 e. The van der Waals surface area contributed by atoms with Crippen molar-refractivity contribution >= 4 is 11.8 Å². The molecule has 0 bridgehead atoms. The van der Waals surface area contributed by atoms with E-state index < -0.39 is 17.6 Å². The van der Waals surface area contributed by atoms with Gasteiger partial charge in [0, 0.05) is 0 Å². The van der Waals surface area contributed by atoms with Gasteiger partial charge in [-0.1, -0.05) is 24.3 Å². The van der Waals surface area contributed by atoms with Crippen LogP contribution in [0.2, 0.25) is 0 Å². The van der Waals surface area contributed by atoms with E-state index in [2.05, 4.69) is 10.9 Å². The van der Waals surface area contributed by atoms with Gasteiger partial charge in [-0.3, -0.25) is 20.4 Å². The summed E-state index contributed by atoms with van der Waals surface area (Å²) in [5.41, 5.74) is 6.17. The third kappa shape index (κ3) is 4.29. The maximum absolute atomic E-state index is 13.4. The van der Waals surface area contributed by atoms with Crippen LogP contribution in [-0.2, 0) is 4.79 Å². The van der Waals surface area contributed by atoms with Crippen molar-refractivity contribution in [3.8, 4) is 5.75 Å². The first-order valence-corrected chi connectivity index (χ1v) is 7.01. The zero-order valence-corrected chi connectivity index (χ0v) is 12.9. The Bertz CT molecular complexity index is 732. The first-order chi connectivity index (χ1) is 11.0. The summed E-state index contributed by atoms with van der Waals surface area (Å²) < 4.78 is 18.8. The molecular formula is C17H17FN2O3. The monoisotopic (exact) mass is 316 g/mol. The minimum Gasteiger partial charge on any atom is -0.483 e. The van der Waals surface area contributed by atoms with Crippen LogP contribution in [-0.4, -0.2) is 18.4 Å². The highest BCUT2D eigenvalue weighted by molar-refractivity contribution is 5.95. The van der Waals surface area contributed by atoms with Crippen molar-refractivity contribution < 1.29 is 18.7 Å². The number of nitrogens with one attached hydrogen (secondary N) is 2. The molecule has 2 aromatic carbocycles. The van der Waals surface area contributed by atoms with E-state index in [0.717, 1.165) is 11.1 Å². The summed E-state index contributed by atoms with van der Waals surface area (Å²) in [6.07, 6.45) is 0. The largest absolute Gasteiger partial charge is 0.483 e. The van der Waals surface area contributed by atoms with Crippen molar-refractivity contribution in [1.82, 2.24) is 10.9 Å². The minimum atomic E-state index is -0.733. The summed E-state index contributed by atoms with van der Waals surface area (Å²) in [5.74, 6) is -1.34. The maximum Gasteiger partial charge on any atom is 0.276 e. The first-order valence-electron chi connectivity index (χ1n) is 7.01. The van der Waals surface area contributed by atoms with Gasteiger partial charge in [0.2, 0.25) is 0 Å². The predicted octanol–water partition coefficient (Wildman–Crippen LogP) is 2.28. The summed E-state index contributed by atoms with van der Waals surface area (Å²) in [7, 11) is 0. The molecule has 0 aliphatic rings. The normalized spacial score (nSPS) is 10.0. The summed E-state index contributed by atoms with van der Waals surface area (Å²) in [6, 6.07) is 11.0. The lowest BCUT2D eigenvalue weighted by molar-refractivity contribution is -0.123. The van der Waals surface area contributed by atoms with E-state index in [1.807, 2.05) is 26.0 Å². The Morgan fingerprint density at radius 3 is 2.52 bits per heavy atom. The highest BCUT2D eigenvalue weighted by atomic mass is 19.1. The Hall–Kier alpha value is -2.89. The minimum absolute atomic E-state index is 0.150. The number of carbonyl (C=O) groups is 2. The van der Waals surface area contributed by atoms with Gasteiger partial charge >= 0.3 is 0 Å². The van der Waals surface area contributed by atoms with Crippen molar-refractivity contribution in [1.29, 1.82) is 0 Å². The van der Waals surface area contributed by atoms with Gasteiger partial charge in [-0.25, -0.2) is 4.39 Å². The third-order valence-electron chi connectivity index (χ3n) is 3.35. The van der Waals surface area contributed by atoms with Crippen LogP contribution in [0, 0.1) is 19.7 Å². The maximum atomic E-state index is 13.4. The highest BCUT2D eigenvalue weighted by Gasteiger charge is 2.12.